The monoisotopic (exact) mass is 370 g/mol. The number of aromatic nitrogens is 1. The van der Waals surface area contributed by atoms with E-state index in [0.717, 1.165) is 20.3 Å². The highest BCUT2D eigenvalue weighted by Crippen LogP contribution is 2.28. The molecule has 1 aromatic carbocycles. The number of pyridine rings is 1. The Morgan fingerprint density at radius 1 is 1.22 bits per heavy atom. The number of halogens is 2. The SMILES string of the molecule is O=C(O)c1ccc(Nc2ccc(Br)cc2Br)cn1. The topological polar surface area (TPSA) is 62.2 Å². The summed E-state index contributed by atoms with van der Waals surface area (Å²) in [5, 5.41) is 11.9. The summed E-state index contributed by atoms with van der Waals surface area (Å²) < 4.78 is 1.87. The smallest absolute Gasteiger partial charge is 0.354 e. The molecule has 4 nitrogen and oxygen atoms in total. The summed E-state index contributed by atoms with van der Waals surface area (Å²) in [6.45, 7) is 0. The van der Waals surface area contributed by atoms with Gasteiger partial charge in [-0.1, -0.05) is 15.9 Å². The van der Waals surface area contributed by atoms with Crippen molar-refractivity contribution in [2.24, 2.45) is 0 Å². The predicted molar refractivity (Wildman–Crippen MR) is 76.3 cm³/mol. The van der Waals surface area contributed by atoms with Crippen molar-refractivity contribution >= 4 is 49.2 Å². The molecule has 0 aliphatic carbocycles. The van der Waals surface area contributed by atoms with Gasteiger partial charge in [0, 0.05) is 8.95 Å². The summed E-state index contributed by atoms with van der Waals surface area (Å²) in [5.41, 5.74) is 1.63. The highest BCUT2D eigenvalue weighted by molar-refractivity contribution is 9.11. The van der Waals surface area contributed by atoms with Crippen molar-refractivity contribution in [3.63, 3.8) is 0 Å². The van der Waals surface area contributed by atoms with Crippen LogP contribution < -0.4 is 5.32 Å². The molecule has 0 radical (unpaired) electrons. The fourth-order valence-corrected chi connectivity index (χ4v) is 2.49. The lowest BCUT2D eigenvalue weighted by molar-refractivity contribution is 0.0690. The zero-order valence-electron chi connectivity index (χ0n) is 9.02. The minimum Gasteiger partial charge on any atom is -0.477 e. The van der Waals surface area contributed by atoms with Gasteiger partial charge in [0.25, 0.3) is 0 Å². The summed E-state index contributed by atoms with van der Waals surface area (Å²) >= 11 is 6.81. The van der Waals surface area contributed by atoms with Crippen molar-refractivity contribution in [2.45, 2.75) is 0 Å². The molecule has 0 saturated carbocycles. The fourth-order valence-electron chi connectivity index (χ4n) is 1.34. The molecule has 2 N–H and O–H groups in total. The molecule has 2 aromatic rings. The first kappa shape index (κ1) is 13.0. The first-order valence-electron chi connectivity index (χ1n) is 4.97. The van der Waals surface area contributed by atoms with Crippen LogP contribution in [-0.2, 0) is 0 Å². The Kier molecular flexibility index (Phi) is 3.98. The van der Waals surface area contributed by atoms with Crippen molar-refractivity contribution in [3.05, 3.63) is 51.2 Å². The lowest BCUT2D eigenvalue weighted by Gasteiger charge is -2.08. The van der Waals surface area contributed by atoms with Crippen molar-refractivity contribution in [1.82, 2.24) is 4.98 Å². The number of carbonyl (C=O) groups is 1. The van der Waals surface area contributed by atoms with Crippen LogP contribution >= 0.6 is 31.9 Å². The van der Waals surface area contributed by atoms with Crippen molar-refractivity contribution in [3.8, 4) is 0 Å². The Bertz CT molecular complexity index is 585. The minimum absolute atomic E-state index is 0.0235. The summed E-state index contributed by atoms with van der Waals surface area (Å²) in [6.07, 6.45) is 1.48. The standard InChI is InChI=1S/C12H8Br2N2O2/c13-7-1-3-10(9(14)5-7)16-8-2-4-11(12(17)18)15-6-8/h1-6,16H,(H,17,18). The number of carboxylic acid groups (broad SMARTS) is 1. The van der Waals surface area contributed by atoms with E-state index in [-0.39, 0.29) is 5.69 Å². The summed E-state index contributed by atoms with van der Waals surface area (Å²) in [5.74, 6) is -1.04. The van der Waals surface area contributed by atoms with Gasteiger partial charge < -0.3 is 10.4 Å². The lowest BCUT2D eigenvalue weighted by Crippen LogP contribution is -2.00. The molecular formula is C12H8Br2N2O2. The number of nitrogens with zero attached hydrogens (tertiary/aromatic N) is 1. The van der Waals surface area contributed by atoms with E-state index >= 15 is 0 Å². The lowest BCUT2D eigenvalue weighted by atomic mass is 10.3. The molecule has 2 rings (SSSR count). The van der Waals surface area contributed by atoms with Gasteiger partial charge in [-0.25, -0.2) is 9.78 Å². The summed E-state index contributed by atoms with van der Waals surface area (Å²) in [7, 11) is 0. The second-order valence-electron chi connectivity index (χ2n) is 3.49. The van der Waals surface area contributed by atoms with Crippen molar-refractivity contribution in [1.29, 1.82) is 0 Å². The normalized spacial score (nSPS) is 10.1. The van der Waals surface area contributed by atoms with Gasteiger partial charge in [0.15, 0.2) is 0 Å². The zero-order valence-corrected chi connectivity index (χ0v) is 12.2. The maximum atomic E-state index is 10.7. The molecule has 0 spiro atoms. The summed E-state index contributed by atoms with van der Waals surface area (Å²) in [6, 6.07) is 8.86. The van der Waals surface area contributed by atoms with E-state index in [4.69, 9.17) is 5.11 Å². The van der Waals surface area contributed by atoms with Crippen LogP contribution in [0.1, 0.15) is 10.5 Å². The van der Waals surface area contributed by atoms with Crippen LogP contribution in [0.3, 0.4) is 0 Å². The maximum Gasteiger partial charge on any atom is 0.354 e. The van der Waals surface area contributed by atoms with Gasteiger partial charge in [-0.15, -0.1) is 0 Å². The average Bonchev–Trinajstić information content (AvgIpc) is 2.33. The van der Waals surface area contributed by atoms with Crippen LogP contribution in [0.15, 0.2) is 45.5 Å². The number of rotatable bonds is 3. The third-order valence-corrected chi connectivity index (χ3v) is 3.34. The van der Waals surface area contributed by atoms with Gasteiger partial charge in [0.05, 0.1) is 17.6 Å². The molecule has 6 heteroatoms. The number of aromatic carboxylic acids is 1. The van der Waals surface area contributed by atoms with Crippen LogP contribution in [0.4, 0.5) is 11.4 Å². The molecule has 0 unspecified atom stereocenters. The van der Waals surface area contributed by atoms with Gasteiger partial charge in [-0.3, -0.25) is 0 Å². The highest BCUT2D eigenvalue weighted by Gasteiger charge is 2.05. The van der Waals surface area contributed by atoms with Crippen molar-refractivity contribution < 1.29 is 9.90 Å². The first-order valence-corrected chi connectivity index (χ1v) is 6.56. The predicted octanol–water partition coefficient (Wildman–Crippen LogP) is 4.05. The highest BCUT2D eigenvalue weighted by atomic mass is 79.9. The quantitative estimate of drug-likeness (QED) is 0.854. The number of anilines is 2. The largest absolute Gasteiger partial charge is 0.477 e. The van der Waals surface area contributed by atoms with Gasteiger partial charge in [0.1, 0.15) is 5.69 Å². The average molecular weight is 372 g/mol. The number of benzene rings is 1. The van der Waals surface area contributed by atoms with Gasteiger partial charge in [0.2, 0.25) is 0 Å². The third-order valence-electron chi connectivity index (χ3n) is 2.19. The van der Waals surface area contributed by atoms with E-state index in [1.165, 1.54) is 12.3 Å². The van der Waals surface area contributed by atoms with Crippen LogP contribution in [0.25, 0.3) is 0 Å². The van der Waals surface area contributed by atoms with Crippen LogP contribution in [0.5, 0.6) is 0 Å². The second kappa shape index (κ2) is 5.49. The van der Waals surface area contributed by atoms with E-state index in [0.29, 0.717) is 0 Å². The Hall–Kier alpha value is -1.40. The molecule has 92 valence electrons. The minimum atomic E-state index is -1.04. The van der Waals surface area contributed by atoms with E-state index < -0.39 is 5.97 Å². The molecule has 0 aliphatic heterocycles. The number of nitrogens with one attached hydrogen (secondary N) is 1. The Morgan fingerprint density at radius 3 is 2.56 bits per heavy atom. The van der Waals surface area contributed by atoms with E-state index in [2.05, 4.69) is 42.2 Å². The second-order valence-corrected chi connectivity index (χ2v) is 5.26. The fraction of sp³-hybridized carbons (Fsp3) is 0. The third kappa shape index (κ3) is 3.08. The Balaban J connectivity index is 2.21. The number of carboxylic acids is 1. The molecule has 0 fully saturated rings. The van der Waals surface area contributed by atoms with Crippen LogP contribution in [0, 0.1) is 0 Å². The van der Waals surface area contributed by atoms with Gasteiger partial charge >= 0.3 is 5.97 Å². The van der Waals surface area contributed by atoms with Crippen LogP contribution in [0.2, 0.25) is 0 Å². The first-order chi connectivity index (χ1) is 8.56. The number of hydrogen-bond acceptors (Lipinski definition) is 3. The Labute approximate surface area is 120 Å². The zero-order chi connectivity index (χ0) is 13.1. The van der Waals surface area contributed by atoms with E-state index in [1.807, 2.05) is 18.2 Å². The van der Waals surface area contributed by atoms with Crippen molar-refractivity contribution in [2.75, 3.05) is 5.32 Å². The Morgan fingerprint density at radius 2 is 2.00 bits per heavy atom. The van der Waals surface area contributed by atoms with Gasteiger partial charge in [-0.2, -0.15) is 0 Å². The summed E-state index contributed by atoms with van der Waals surface area (Å²) in [4.78, 5) is 14.5. The molecule has 0 aliphatic rings. The molecule has 0 saturated heterocycles. The number of hydrogen-bond donors (Lipinski definition) is 2. The van der Waals surface area contributed by atoms with Crippen LogP contribution in [-0.4, -0.2) is 16.1 Å². The molecule has 0 bridgehead atoms. The molecule has 0 amide bonds. The van der Waals surface area contributed by atoms with E-state index in [9.17, 15) is 4.79 Å². The molecule has 18 heavy (non-hydrogen) atoms. The molecule has 1 heterocycles. The maximum absolute atomic E-state index is 10.7. The molecular weight excluding hydrogens is 364 g/mol. The van der Waals surface area contributed by atoms with Gasteiger partial charge in [-0.05, 0) is 46.3 Å². The van der Waals surface area contributed by atoms with E-state index in [1.54, 1.807) is 6.07 Å². The molecule has 1 aromatic heterocycles. The molecule has 0 atom stereocenters.